The summed E-state index contributed by atoms with van der Waals surface area (Å²) in [5, 5.41) is 2.89. The van der Waals surface area contributed by atoms with Gasteiger partial charge in [0.1, 0.15) is 0 Å². The lowest BCUT2D eigenvalue weighted by molar-refractivity contribution is -0.117. The normalized spacial score (nSPS) is 17.4. The number of hydrogen-bond donors (Lipinski definition) is 1. The maximum absolute atomic E-state index is 12.9. The Morgan fingerprint density at radius 2 is 1.78 bits per heavy atom. The smallest absolute Gasteiger partial charge is 0.243 e. The third-order valence-electron chi connectivity index (χ3n) is 5.95. The molecule has 1 saturated heterocycles. The molecule has 2 aromatic rings. The first-order valence-corrected chi connectivity index (χ1v) is 12.7. The molecule has 8 heteroatoms. The van der Waals surface area contributed by atoms with E-state index >= 15 is 0 Å². The second-order valence-electron chi connectivity index (χ2n) is 8.40. The van der Waals surface area contributed by atoms with Crippen LogP contribution >= 0.6 is 0 Å². The fourth-order valence-corrected chi connectivity index (χ4v) is 5.38. The SMILES string of the molecule is CCc1ccc(CN(CC(=O)Nc2cccc(S(=O)(=O)N3CCOCC3)c2)C2CC2)cc1. The van der Waals surface area contributed by atoms with E-state index in [1.54, 1.807) is 18.2 Å². The number of ether oxygens (including phenoxy) is 1. The zero-order chi connectivity index (χ0) is 22.6. The number of anilines is 1. The first kappa shape index (κ1) is 22.9. The van der Waals surface area contributed by atoms with E-state index in [0.717, 1.165) is 25.8 Å². The Kier molecular flexibility index (Phi) is 7.25. The summed E-state index contributed by atoms with van der Waals surface area (Å²) in [6.45, 7) is 4.62. The molecule has 1 N–H and O–H groups in total. The van der Waals surface area contributed by atoms with Crippen LogP contribution in [0.1, 0.15) is 30.9 Å². The first-order valence-electron chi connectivity index (χ1n) is 11.3. The highest BCUT2D eigenvalue weighted by atomic mass is 32.2. The molecular formula is C24H31N3O4S. The second kappa shape index (κ2) is 10.1. The minimum atomic E-state index is -3.60. The molecule has 172 valence electrons. The van der Waals surface area contributed by atoms with Gasteiger partial charge < -0.3 is 10.1 Å². The maximum atomic E-state index is 12.9. The highest BCUT2D eigenvalue weighted by Crippen LogP contribution is 2.28. The molecule has 1 aliphatic heterocycles. The number of hydrogen-bond acceptors (Lipinski definition) is 5. The lowest BCUT2D eigenvalue weighted by atomic mass is 10.1. The van der Waals surface area contributed by atoms with Gasteiger partial charge in [-0.25, -0.2) is 8.42 Å². The van der Waals surface area contributed by atoms with E-state index < -0.39 is 10.0 Å². The van der Waals surface area contributed by atoms with E-state index in [2.05, 4.69) is 41.4 Å². The van der Waals surface area contributed by atoms with E-state index in [1.807, 2.05) is 0 Å². The van der Waals surface area contributed by atoms with Gasteiger partial charge in [-0.3, -0.25) is 9.69 Å². The van der Waals surface area contributed by atoms with Crippen LogP contribution in [0.2, 0.25) is 0 Å². The molecule has 1 saturated carbocycles. The third-order valence-corrected chi connectivity index (χ3v) is 7.85. The second-order valence-corrected chi connectivity index (χ2v) is 10.3. The van der Waals surface area contributed by atoms with Crippen molar-refractivity contribution < 1.29 is 17.9 Å². The molecule has 2 aliphatic rings. The first-order chi connectivity index (χ1) is 15.5. The minimum absolute atomic E-state index is 0.136. The number of rotatable bonds is 9. The van der Waals surface area contributed by atoms with Crippen molar-refractivity contribution in [2.24, 2.45) is 0 Å². The topological polar surface area (TPSA) is 79.0 Å². The van der Waals surface area contributed by atoms with Gasteiger partial charge in [-0.05, 0) is 48.6 Å². The molecule has 1 heterocycles. The monoisotopic (exact) mass is 457 g/mol. The Morgan fingerprint density at radius 1 is 1.09 bits per heavy atom. The molecule has 0 bridgehead atoms. The summed E-state index contributed by atoms with van der Waals surface area (Å²) in [6, 6.07) is 15.5. The number of morpholine rings is 1. The fraction of sp³-hybridized carbons (Fsp3) is 0.458. The molecule has 2 aromatic carbocycles. The van der Waals surface area contributed by atoms with Gasteiger partial charge in [0.15, 0.2) is 0 Å². The minimum Gasteiger partial charge on any atom is -0.379 e. The van der Waals surface area contributed by atoms with Gasteiger partial charge in [0.05, 0.1) is 24.7 Å². The summed E-state index contributed by atoms with van der Waals surface area (Å²) in [6.07, 6.45) is 3.22. The van der Waals surface area contributed by atoms with Gasteiger partial charge in [-0.2, -0.15) is 4.31 Å². The molecule has 2 fully saturated rings. The number of benzene rings is 2. The van der Waals surface area contributed by atoms with Crippen LogP contribution in [0.4, 0.5) is 5.69 Å². The van der Waals surface area contributed by atoms with Crippen molar-refractivity contribution >= 4 is 21.6 Å². The van der Waals surface area contributed by atoms with Crippen LogP contribution in [0, 0.1) is 0 Å². The molecule has 1 amide bonds. The summed E-state index contributed by atoms with van der Waals surface area (Å²) in [7, 11) is -3.60. The number of carbonyl (C=O) groups excluding carboxylic acids is 1. The summed E-state index contributed by atoms with van der Waals surface area (Å²) in [5.74, 6) is -0.136. The van der Waals surface area contributed by atoms with Crippen LogP contribution < -0.4 is 5.32 Å². The Labute approximate surface area is 190 Å². The van der Waals surface area contributed by atoms with E-state index in [1.165, 1.54) is 21.5 Å². The average molecular weight is 458 g/mol. The standard InChI is InChI=1S/C24H31N3O4S/c1-2-19-6-8-20(9-7-19)17-26(22-10-11-22)18-24(28)25-21-4-3-5-23(16-21)32(29,30)27-12-14-31-15-13-27/h3-9,16,22H,2,10-15,17-18H2,1H3,(H,25,28). The van der Waals surface area contributed by atoms with E-state index in [-0.39, 0.29) is 17.3 Å². The quantitative estimate of drug-likeness (QED) is 0.626. The van der Waals surface area contributed by atoms with Crippen molar-refractivity contribution in [2.75, 3.05) is 38.2 Å². The van der Waals surface area contributed by atoms with Crippen molar-refractivity contribution in [3.05, 3.63) is 59.7 Å². The average Bonchev–Trinajstić information content (AvgIpc) is 3.65. The molecule has 0 atom stereocenters. The molecule has 0 unspecified atom stereocenters. The van der Waals surface area contributed by atoms with Gasteiger partial charge in [0.25, 0.3) is 0 Å². The van der Waals surface area contributed by atoms with Gasteiger partial charge >= 0.3 is 0 Å². The lowest BCUT2D eigenvalue weighted by Crippen LogP contribution is -2.40. The van der Waals surface area contributed by atoms with Crippen LogP contribution in [0.25, 0.3) is 0 Å². The van der Waals surface area contributed by atoms with Gasteiger partial charge in [-0.15, -0.1) is 0 Å². The number of nitrogens with one attached hydrogen (secondary N) is 1. The molecule has 0 aromatic heterocycles. The zero-order valence-electron chi connectivity index (χ0n) is 18.5. The number of aryl methyl sites for hydroxylation is 1. The molecule has 0 radical (unpaired) electrons. The summed E-state index contributed by atoms with van der Waals surface area (Å²) < 4.78 is 32.5. The Hall–Kier alpha value is -2.26. The van der Waals surface area contributed by atoms with E-state index in [9.17, 15) is 13.2 Å². The van der Waals surface area contributed by atoms with Crippen LogP contribution in [0.5, 0.6) is 0 Å². The maximum Gasteiger partial charge on any atom is 0.243 e. The number of carbonyl (C=O) groups is 1. The molecule has 1 aliphatic carbocycles. The highest BCUT2D eigenvalue weighted by Gasteiger charge is 2.30. The summed E-state index contributed by atoms with van der Waals surface area (Å²) in [4.78, 5) is 15.2. The Morgan fingerprint density at radius 3 is 2.44 bits per heavy atom. The summed E-state index contributed by atoms with van der Waals surface area (Å²) in [5.41, 5.74) is 2.99. The Balaban J connectivity index is 1.40. The van der Waals surface area contributed by atoms with E-state index in [4.69, 9.17) is 4.74 Å². The van der Waals surface area contributed by atoms with Crippen LogP contribution in [-0.2, 0) is 32.5 Å². The number of sulfonamides is 1. The van der Waals surface area contributed by atoms with Crippen LogP contribution in [0.3, 0.4) is 0 Å². The fourth-order valence-electron chi connectivity index (χ4n) is 3.92. The Bertz CT molecular complexity index is 1030. The van der Waals surface area contributed by atoms with Crippen molar-refractivity contribution in [1.29, 1.82) is 0 Å². The van der Waals surface area contributed by atoms with Crippen LogP contribution in [0.15, 0.2) is 53.4 Å². The number of nitrogens with zero attached hydrogens (tertiary/aromatic N) is 2. The molecule has 4 rings (SSSR count). The predicted molar refractivity (Wildman–Crippen MR) is 124 cm³/mol. The molecule has 32 heavy (non-hydrogen) atoms. The van der Waals surface area contributed by atoms with Crippen molar-refractivity contribution in [2.45, 2.75) is 43.7 Å². The number of amides is 1. The van der Waals surface area contributed by atoms with Crippen molar-refractivity contribution in [3.8, 4) is 0 Å². The van der Waals surface area contributed by atoms with Crippen molar-refractivity contribution in [3.63, 3.8) is 0 Å². The van der Waals surface area contributed by atoms with Crippen molar-refractivity contribution in [1.82, 2.24) is 9.21 Å². The molecule has 0 spiro atoms. The van der Waals surface area contributed by atoms with Gasteiger partial charge in [0, 0.05) is 31.4 Å². The van der Waals surface area contributed by atoms with Gasteiger partial charge in [-0.1, -0.05) is 37.3 Å². The van der Waals surface area contributed by atoms with Gasteiger partial charge in [0.2, 0.25) is 15.9 Å². The highest BCUT2D eigenvalue weighted by molar-refractivity contribution is 7.89. The zero-order valence-corrected chi connectivity index (χ0v) is 19.3. The van der Waals surface area contributed by atoms with E-state index in [0.29, 0.717) is 38.0 Å². The largest absolute Gasteiger partial charge is 0.379 e. The lowest BCUT2D eigenvalue weighted by Gasteiger charge is -2.26. The molecular weight excluding hydrogens is 426 g/mol. The molecule has 7 nitrogen and oxygen atoms in total. The predicted octanol–water partition coefficient (Wildman–Crippen LogP) is 2.87. The third kappa shape index (κ3) is 5.75. The summed E-state index contributed by atoms with van der Waals surface area (Å²) >= 11 is 0. The van der Waals surface area contributed by atoms with Crippen LogP contribution in [-0.4, -0.2) is 62.4 Å².